The molecule has 0 bridgehead atoms. The van der Waals surface area contributed by atoms with Crippen molar-refractivity contribution in [3.8, 4) is 0 Å². The fourth-order valence-electron chi connectivity index (χ4n) is 10.5. The molecule has 9 heteroatoms. The van der Waals surface area contributed by atoms with Gasteiger partial charge in [-0.3, -0.25) is 9.59 Å². The van der Waals surface area contributed by atoms with Crippen LogP contribution < -0.4 is 0 Å². The van der Waals surface area contributed by atoms with Gasteiger partial charge in [-0.2, -0.15) is 0 Å². The number of nitrogens with zero attached hydrogens (tertiary/aromatic N) is 1. The monoisotopic (exact) mass is 1110 g/mol. The Labute approximate surface area is 485 Å². The fourth-order valence-corrected chi connectivity index (χ4v) is 10.5. The van der Waals surface area contributed by atoms with Gasteiger partial charge in [-0.15, -0.1) is 0 Å². The molecule has 0 amide bonds. The van der Waals surface area contributed by atoms with E-state index in [1.165, 1.54) is 289 Å². The number of hydrogen-bond acceptors (Lipinski definition) is 7. The number of hydrogen-bond donors (Lipinski definition) is 1. The number of unbranched alkanes of at least 4 members (excludes halogenated alkanes) is 48. The molecule has 0 heterocycles. The van der Waals surface area contributed by atoms with E-state index in [1.54, 1.807) is 0 Å². The smallest absolute Gasteiger partial charge is 0.361 e. The zero-order valence-electron chi connectivity index (χ0n) is 52.9. The van der Waals surface area contributed by atoms with Crippen LogP contribution in [0.25, 0.3) is 0 Å². The van der Waals surface area contributed by atoms with Gasteiger partial charge in [0.2, 0.25) is 0 Å². The SMILES string of the molecule is CCCCCCCCCC/C=C\CCCCCCCCCCCCCCCC(=O)OC(COC(=O)CCCCCCCCCCCCCCCCCCCCCCCCCCCCCC)COC(OCC[N+](C)(C)C)C(=O)O. The molecule has 0 saturated heterocycles. The molecule has 0 aromatic carbocycles. The first-order chi connectivity index (χ1) is 38.1. The van der Waals surface area contributed by atoms with Crippen molar-refractivity contribution in [2.75, 3.05) is 47.5 Å². The number of carbonyl (C=O) groups excluding carboxylic acids is 2. The van der Waals surface area contributed by atoms with E-state index in [0.29, 0.717) is 17.4 Å². The number of carbonyl (C=O) groups is 3. The summed E-state index contributed by atoms with van der Waals surface area (Å²) < 4.78 is 23.0. The van der Waals surface area contributed by atoms with Crippen LogP contribution in [0.4, 0.5) is 0 Å². The van der Waals surface area contributed by atoms with E-state index in [1.807, 2.05) is 21.1 Å². The first-order valence-electron chi connectivity index (χ1n) is 34.4. The predicted octanol–water partition coefficient (Wildman–Crippen LogP) is 20.9. The maximum atomic E-state index is 12.9. The van der Waals surface area contributed by atoms with Crippen LogP contribution in [0.2, 0.25) is 0 Å². The predicted molar refractivity (Wildman–Crippen MR) is 332 cm³/mol. The number of likely N-dealkylation sites (N-methyl/N-ethyl adjacent to an activating group) is 1. The lowest BCUT2D eigenvalue weighted by molar-refractivity contribution is -0.870. The van der Waals surface area contributed by atoms with Gasteiger partial charge in [0, 0.05) is 12.8 Å². The van der Waals surface area contributed by atoms with Gasteiger partial charge in [0.15, 0.2) is 6.10 Å². The molecule has 0 aromatic rings. The Kier molecular flexibility index (Phi) is 59.6. The number of esters is 2. The molecule has 0 aliphatic rings. The second-order valence-electron chi connectivity index (χ2n) is 24.8. The van der Waals surface area contributed by atoms with Gasteiger partial charge in [0.05, 0.1) is 34.4 Å². The van der Waals surface area contributed by atoms with E-state index in [9.17, 15) is 19.5 Å². The van der Waals surface area contributed by atoms with Crippen molar-refractivity contribution >= 4 is 17.9 Å². The van der Waals surface area contributed by atoms with E-state index in [4.69, 9.17) is 18.9 Å². The average molecular weight is 1110 g/mol. The standard InChI is InChI=1S/C69H133NO8/c1-6-8-10-12-14-16-18-20-22-24-26-28-30-32-33-34-36-37-39-41-43-45-47-49-51-53-55-57-59-66(71)76-63-65(64-77-69(68(73)74)75-62-61-70(3,4)5)78-67(72)60-58-56-54-52-50-48-46-44-42-40-38-35-31-29-27-25-23-21-19-17-15-13-11-9-7-2/h25,27,65,69H,6-24,26,28-64H2,1-5H3/p+1/b27-25-. The van der Waals surface area contributed by atoms with E-state index < -0.39 is 18.4 Å². The number of ether oxygens (including phenoxy) is 4. The van der Waals surface area contributed by atoms with Crippen LogP contribution in [-0.2, 0) is 33.3 Å². The van der Waals surface area contributed by atoms with Crippen LogP contribution in [0.15, 0.2) is 12.2 Å². The summed E-state index contributed by atoms with van der Waals surface area (Å²) in [5, 5.41) is 9.74. The average Bonchev–Trinajstić information content (AvgIpc) is 3.41. The minimum Gasteiger partial charge on any atom is -0.477 e. The molecule has 2 unspecified atom stereocenters. The molecule has 2 atom stereocenters. The molecular formula is C69H134NO8+. The van der Waals surface area contributed by atoms with E-state index in [2.05, 4.69) is 26.0 Å². The van der Waals surface area contributed by atoms with E-state index >= 15 is 0 Å². The molecule has 0 aromatic heterocycles. The number of aliphatic carboxylic acids is 1. The Hall–Kier alpha value is -1.97. The quantitative estimate of drug-likeness (QED) is 0.0211. The molecule has 0 saturated carbocycles. The number of allylic oxidation sites excluding steroid dienone is 2. The molecule has 78 heavy (non-hydrogen) atoms. The summed E-state index contributed by atoms with van der Waals surface area (Å²) in [6, 6.07) is 0. The Morgan fingerprint density at radius 3 is 0.949 bits per heavy atom. The van der Waals surface area contributed by atoms with Crippen molar-refractivity contribution in [1.29, 1.82) is 0 Å². The zero-order valence-corrected chi connectivity index (χ0v) is 52.9. The highest BCUT2D eigenvalue weighted by molar-refractivity contribution is 5.71. The molecular weight excluding hydrogens is 971 g/mol. The van der Waals surface area contributed by atoms with Crippen molar-refractivity contribution in [3.05, 3.63) is 12.2 Å². The number of rotatable bonds is 65. The van der Waals surface area contributed by atoms with Crippen LogP contribution in [0.1, 0.15) is 354 Å². The summed E-state index contributed by atoms with van der Waals surface area (Å²) in [4.78, 5) is 37.6. The Bertz CT molecular complexity index is 1280. The number of carboxylic acid groups (broad SMARTS) is 1. The number of quaternary nitrogens is 1. The summed E-state index contributed by atoms with van der Waals surface area (Å²) in [6.45, 7) is 4.96. The van der Waals surface area contributed by atoms with Crippen LogP contribution in [-0.4, -0.2) is 87.4 Å². The molecule has 9 nitrogen and oxygen atoms in total. The van der Waals surface area contributed by atoms with Gasteiger partial charge < -0.3 is 28.5 Å². The second kappa shape index (κ2) is 61.1. The Morgan fingerprint density at radius 1 is 0.372 bits per heavy atom. The van der Waals surface area contributed by atoms with E-state index in [-0.39, 0.29) is 38.2 Å². The van der Waals surface area contributed by atoms with Crippen LogP contribution in [0.3, 0.4) is 0 Å². The highest BCUT2D eigenvalue weighted by Crippen LogP contribution is 2.19. The largest absolute Gasteiger partial charge is 0.477 e. The van der Waals surface area contributed by atoms with Crippen molar-refractivity contribution in [3.63, 3.8) is 0 Å². The van der Waals surface area contributed by atoms with Gasteiger partial charge >= 0.3 is 17.9 Å². The molecule has 0 rings (SSSR count). The van der Waals surface area contributed by atoms with Gasteiger partial charge in [-0.25, -0.2) is 4.79 Å². The minimum atomic E-state index is -1.51. The fraction of sp³-hybridized carbons (Fsp3) is 0.928. The Morgan fingerprint density at radius 2 is 0.654 bits per heavy atom. The summed E-state index contributed by atoms with van der Waals surface area (Å²) in [5.41, 5.74) is 0. The third kappa shape index (κ3) is 61.6. The summed E-state index contributed by atoms with van der Waals surface area (Å²) in [7, 11) is 5.99. The number of carboxylic acids is 1. The second-order valence-corrected chi connectivity index (χ2v) is 24.8. The highest BCUT2D eigenvalue weighted by Gasteiger charge is 2.25. The molecule has 0 fully saturated rings. The van der Waals surface area contributed by atoms with Crippen LogP contribution in [0.5, 0.6) is 0 Å². The molecule has 0 radical (unpaired) electrons. The van der Waals surface area contributed by atoms with Gasteiger partial charge in [-0.1, -0.05) is 315 Å². The minimum absolute atomic E-state index is 0.174. The molecule has 1 N–H and O–H groups in total. The van der Waals surface area contributed by atoms with Gasteiger partial charge in [0.25, 0.3) is 6.29 Å². The van der Waals surface area contributed by atoms with Crippen LogP contribution in [0, 0.1) is 0 Å². The third-order valence-electron chi connectivity index (χ3n) is 15.8. The molecule has 0 aliphatic heterocycles. The molecule has 0 spiro atoms. The topological polar surface area (TPSA) is 108 Å². The lowest BCUT2D eigenvalue weighted by atomic mass is 10.0. The van der Waals surface area contributed by atoms with E-state index in [0.717, 1.165) is 38.5 Å². The zero-order chi connectivity index (χ0) is 56.9. The lowest BCUT2D eigenvalue weighted by Crippen LogP contribution is -2.40. The van der Waals surface area contributed by atoms with Crippen molar-refractivity contribution in [1.82, 2.24) is 0 Å². The maximum Gasteiger partial charge on any atom is 0.361 e. The van der Waals surface area contributed by atoms with Crippen LogP contribution >= 0.6 is 0 Å². The highest BCUT2D eigenvalue weighted by atomic mass is 16.7. The first-order valence-corrected chi connectivity index (χ1v) is 34.4. The van der Waals surface area contributed by atoms with Gasteiger partial charge in [-0.05, 0) is 38.5 Å². The van der Waals surface area contributed by atoms with Crippen molar-refractivity contribution in [2.45, 2.75) is 367 Å². The van der Waals surface area contributed by atoms with Gasteiger partial charge in [0.1, 0.15) is 13.2 Å². The molecule has 0 aliphatic carbocycles. The summed E-state index contributed by atoms with van der Waals surface area (Å²) >= 11 is 0. The summed E-state index contributed by atoms with van der Waals surface area (Å²) in [5.74, 6) is -1.97. The normalized spacial score (nSPS) is 12.7. The third-order valence-corrected chi connectivity index (χ3v) is 15.8. The van der Waals surface area contributed by atoms with Crippen molar-refractivity contribution in [2.24, 2.45) is 0 Å². The maximum absolute atomic E-state index is 12.9. The lowest BCUT2D eigenvalue weighted by Gasteiger charge is -2.25. The summed E-state index contributed by atoms with van der Waals surface area (Å²) in [6.07, 6.45) is 70.4. The molecule has 462 valence electrons. The van der Waals surface area contributed by atoms with Crippen molar-refractivity contribution < 1.29 is 42.9 Å². The Balaban J connectivity index is 4.07. The first kappa shape index (κ1) is 76.0.